The van der Waals surface area contributed by atoms with E-state index in [0.29, 0.717) is 0 Å². The third-order valence-electron chi connectivity index (χ3n) is 2.95. The zero-order chi connectivity index (χ0) is 11.5. The van der Waals surface area contributed by atoms with Crippen LogP contribution >= 0.6 is 11.8 Å². The number of nitrogens with one attached hydrogen (secondary N) is 1. The average Bonchev–Trinajstić information content (AvgIpc) is 2.67. The fourth-order valence-corrected chi connectivity index (χ4v) is 3.15. The van der Waals surface area contributed by atoms with Gasteiger partial charge < -0.3 is 15.2 Å². The summed E-state index contributed by atoms with van der Waals surface area (Å²) in [7, 11) is 0. The lowest BCUT2D eigenvalue weighted by atomic mass is 10.0. The van der Waals surface area contributed by atoms with Crippen LogP contribution in [0.25, 0.3) is 0 Å². The molecular formula is C11H20N2O2S. The lowest BCUT2D eigenvalue weighted by Gasteiger charge is -2.31. The van der Waals surface area contributed by atoms with Crippen LogP contribution in [0.4, 0.5) is 0 Å². The summed E-state index contributed by atoms with van der Waals surface area (Å²) in [6.07, 6.45) is 2.63. The molecule has 0 amide bonds. The van der Waals surface area contributed by atoms with Gasteiger partial charge in [-0.2, -0.15) is 0 Å². The zero-order valence-electron chi connectivity index (χ0n) is 9.85. The number of hydrogen-bond donors (Lipinski definition) is 2. The molecule has 0 saturated carbocycles. The van der Waals surface area contributed by atoms with Crippen molar-refractivity contribution < 1.29 is 9.84 Å². The SMILES string of the molecule is CCCNC1=N[C@@H]2CC[C@H]([C@@H](C)O)O[C@@H]2S1. The summed E-state index contributed by atoms with van der Waals surface area (Å²) in [4.78, 5) is 4.60. The number of rotatable bonds is 3. The normalized spacial score (nSPS) is 35.4. The molecule has 0 aromatic heterocycles. The van der Waals surface area contributed by atoms with E-state index in [1.807, 2.05) is 0 Å². The maximum absolute atomic E-state index is 9.52. The molecule has 0 radical (unpaired) electrons. The maximum atomic E-state index is 9.52. The van der Waals surface area contributed by atoms with Crippen molar-refractivity contribution in [1.82, 2.24) is 5.32 Å². The van der Waals surface area contributed by atoms with E-state index in [1.165, 1.54) is 0 Å². The molecule has 2 aliphatic heterocycles. The molecule has 5 heteroatoms. The average molecular weight is 244 g/mol. The highest BCUT2D eigenvalue weighted by atomic mass is 32.2. The smallest absolute Gasteiger partial charge is 0.159 e. The van der Waals surface area contributed by atoms with E-state index in [9.17, 15) is 5.11 Å². The minimum atomic E-state index is -0.380. The molecule has 0 aromatic carbocycles. The Morgan fingerprint density at radius 3 is 3.12 bits per heavy atom. The molecule has 0 bridgehead atoms. The summed E-state index contributed by atoms with van der Waals surface area (Å²) in [5.41, 5.74) is 0.104. The molecule has 92 valence electrons. The Kier molecular flexibility index (Phi) is 4.10. The van der Waals surface area contributed by atoms with Gasteiger partial charge in [-0.3, -0.25) is 4.99 Å². The van der Waals surface area contributed by atoms with E-state index >= 15 is 0 Å². The van der Waals surface area contributed by atoms with Gasteiger partial charge in [-0.25, -0.2) is 0 Å². The summed E-state index contributed by atoms with van der Waals surface area (Å²) in [6, 6.07) is 0.277. The van der Waals surface area contributed by atoms with Gasteiger partial charge in [-0.15, -0.1) is 0 Å². The summed E-state index contributed by atoms with van der Waals surface area (Å²) >= 11 is 1.66. The van der Waals surface area contributed by atoms with Gasteiger partial charge in [0.25, 0.3) is 0 Å². The fraction of sp³-hybridized carbons (Fsp3) is 0.909. The summed E-state index contributed by atoms with van der Waals surface area (Å²) in [5.74, 6) is 0. The Morgan fingerprint density at radius 2 is 2.44 bits per heavy atom. The number of thioether (sulfide) groups is 1. The fourth-order valence-electron chi connectivity index (χ4n) is 2.00. The lowest BCUT2D eigenvalue weighted by Crippen LogP contribution is -2.39. The molecule has 4 atom stereocenters. The van der Waals surface area contributed by atoms with E-state index in [2.05, 4.69) is 17.2 Å². The molecule has 2 N–H and O–H groups in total. The molecule has 2 aliphatic rings. The van der Waals surface area contributed by atoms with Crippen LogP contribution in [0, 0.1) is 0 Å². The number of ether oxygens (including phenoxy) is 1. The van der Waals surface area contributed by atoms with E-state index in [4.69, 9.17) is 4.74 Å². The number of aliphatic hydroxyl groups excluding tert-OH is 1. The van der Waals surface area contributed by atoms with Crippen molar-refractivity contribution in [2.24, 2.45) is 4.99 Å². The highest BCUT2D eigenvalue weighted by Gasteiger charge is 2.38. The van der Waals surface area contributed by atoms with Crippen LogP contribution in [0.3, 0.4) is 0 Å². The largest absolute Gasteiger partial charge is 0.391 e. The van der Waals surface area contributed by atoms with Crippen LogP contribution in [0.5, 0.6) is 0 Å². The Hall–Kier alpha value is -0.260. The first-order valence-electron chi connectivity index (χ1n) is 6.02. The second-order valence-corrected chi connectivity index (χ2v) is 5.49. The van der Waals surface area contributed by atoms with Crippen LogP contribution < -0.4 is 5.32 Å². The second-order valence-electron chi connectivity index (χ2n) is 4.41. The molecule has 1 fully saturated rings. The Labute approximate surface area is 101 Å². The molecule has 0 aliphatic carbocycles. The van der Waals surface area contributed by atoms with Gasteiger partial charge in [0.1, 0.15) is 5.44 Å². The zero-order valence-corrected chi connectivity index (χ0v) is 10.7. The Balaban J connectivity index is 1.86. The third-order valence-corrected chi connectivity index (χ3v) is 4.08. The Bertz CT molecular complexity index is 271. The van der Waals surface area contributed by atoms with Crippen LogP contribution in [-0.4, -0.2) is 40.5 Å². The highest BCUT2D eigenvalue weighted by molar-refractivity contribution is 8.14. The van der Waals surface area contributed by atoms with Gasteiger partial charge in [0.15, 0.2) is 5.17 Å². The van der Waals surface area contributed by atoms with Crippen LogP contribution in [0.15, 0.2) is 4.99 Å². The number of aliphatic hydroxyl groups is 1. The summed E-state index contributed by atoms with van der Waals surface area (Å²) in [5, 5.41) is 13.8. The van der Waals surface area contributed by atoms with Crippen molar-refractivity contribution in [2.45, 2.75) is 56.8 Å². The predicted octanol–water partition coefficient (Wildman–Crippen LogP) is 1.34. The van der Waals surface area contributed by atoms with Gasteiger partial charge in [0.2, 0.25) is 0 Å². The molecule has 0 unspecified atom stereocenters. The van der Waals surface area contributed by atoms with Crippen LogP contribution in [-0.2, 0) is 4.74 Å². The van der Waals surface area contributed by atoms with Crippen molar-refractivity contribution in [3.63, 3.8) is 0 Å². The van der Waals surface area contributed by atoms with Crippen molar-refractivity contribution in [3.05, 3.63) is 0 Å². The third kappa shape index (κ3) is 2.70. The monoisotopic (exact) mass is 244 g/mol. The van der Waals surface area contributed by atoms with E-state index in [0.717, 1.165) is 31.0 Å². The van der Waals surface area contributed by atoms with E-state index in [1.54, 1.807) is 18.7 Å². The molecule has 1 saturated heterocycles. The second kappa shape index (κ2) is 5.38. The molecule has 4 nitrogen and oxygen atoms in total. The first-order valence-corrected chi connectivity index (χ1v) is 6.90. The van der Waals surface area contributed by atoms with E-state index < -0.39 is 0 Å². The number of fused-ring (bicyclic) bond motifs is 1. The molecule has 2 heterocycles. The molecule has 0 spiro atoms. The first-order chi connectivity index (χ1) is 7.70. The summed E-state index contributed by atoms with van der Waals surface area (Å²) < 4.78 is 5.84. The molecular weight excluding hydrogens is 224 g/mol. The highest BCUT2D eigenvalue weighted by Crippen LogP contribution is 2.35. The van der Waals surface area contributed by atoms with Crippen molar-refractivity contribution >= 4 is 16.9 Å². The maximum Gasteiger partial charge on any atom is 0.159 e. The number of nitrogens with zero attached hydrogens (tertiary/aromatic N) is 1. The Morgan fingerprint density at radius 1 is 1.62 bits per heavy atom. The van der Waals surface area contributed by atoms with E-state index in [-0.39, 0.29) is 23.7 Å². The number of hydrogen-bond acceptors (Lipinski definition) is 5. The van der Waals surface area contributed by atoms with Crippen LogP contribution in [0.1, 0.15) is 33.1 Å². The van der Waals surface area contributed by atoms with Gasteiger partial charge in [0, 0.05) is 6.54 Å². The number of aliphatic imine (C=N–C) groups is 1. The first kappa shape index (κ1) is 12.2. The van der Waals surface area contributed by atoms with Crippen molar-refractivity contribution in [2.75, 3.05) is 6.54 Å². The quantitative estimate of drug-likeness (QED) is 0.787. The lowest BCUT2D eigenvalue weighted by molar-refractivity contribution is -0.0729. The van der Waals surface area contributed by atoms with Gasteiger partial charge >= 0.3 is 0 Å². The molecule has 0 aromatic rings. The van der Waals surface area contributed by atoms with Crippen LogP contribution in [0.2, 0.25) is 0 Å². The summed E-state index contributed by atoms with van der Waals surface area (Å²) in [6.45, 7) is 4.90. The minimum Gasteiger partial charge on any atom is -0.391 e. The number of amidine groups is 1. The van der Waals surface area contributed by atoms with Crippen molar-refractivity contribution in [3.8, 4) is 0 Å². The van der Waals surface area contributed by atoms with Crippen molar-refractivity contribution in [1.29, 1.82) is 0 Å². The van der Waals surface area contributed by atoms with Gasteiger partial charge in [0.05, 0.1) is 18.2 Å². The van der Waals surface area contributed by atoms with Gasteiger partial charge in [-0.05, 0) is 26.2 Å². The van der Waals surface area contributed by atoms with Gasteiger partial charge in [-0.1, -0.05) is 18.7 Å². The standard InChI is InChI=1S/C11H20N2O2S/c1-3-6-12-11-13-8-4-5-9(7(2)14)15-10(8)16-11/h7-10,14H,3-6H2,1-2H3,(H,12,13)/t7-,8-,9-,10-/m1/s1. The minimum absolute atomic E-state index is 0.0190. The molecule has 2 rings (SSSR count). The molecule has 16 heavy (non-hydrogen) atoms. The predicted molar refractivity (Wildman–Crippen MR) is 66.7 cm³/mol. The topological polar surface area (TPSA) is 53.9 Å².